The Balaban J connectivity index is 2.51. The number of nitrogens with one attached hydrogen (secondary N) is 2. The first-order valence-corrected chi connectivity index (χ1v) is 6.74. The number of carbonyl (C=O) groups is 1. The molecule has 10 heteroatoms. The van der Waals surface area contributed by atoms with Gasteiger partial charge in [-0.3, -0.25) is 0 Å². The summed E-state index contributed by atoms with van der Waals surface area (Å²) in [5.74, 6) is -2.04. The van der Waals surface area contributed by atoms with Crippen LogP contribution in [0.25, 0.3) is 0 Å². The van der Waals surface area contributed by atoms with Crippen molar-refractivity contribution in [3.05, 3.63) is 29.6 Å². The Morgan fingerprint density at radius 2 is 2.10 bits per heavy atom. The number of H-pyrrole nitrogens is 1. The number of hydrogen-bond donors (Lipinski definition) is 4. The van der Waals surface area contributed by atoms with Crippen molar-refractivity contribution in [1.82, 2.24) is 15.2 Å². The summed E-state index contributed by atoms with van der Waals surface area (Å²) in [5.41, 5.74) is -0.312. The number of aromatic amines is 1. The Hall–Kier alpha value is -2.62. The second kappa shape index (κ2) is 4.81. The predicted octanol–water partition coefficient (Wildman–Crippen LogP) is 0.318. The fourth-order valence-corrected chi connectivity index (χ4v) is 2.79. The first-order valence-electron chi connectivity index (χ1n) is 5.26. The van der Waals surface area contributed by atoms with Crippen molar-refractivity contribution in [1.29, 1.82) is 0 Å². The van der Waals surface area contributed by atoms with E-state index in [1.54, 1.807) is 0 Å². The average molecular weight is 298 g/mol. The summed E-state index contributed by atoms with van der Waals surface area (Å²) in [6, 6.07) is 1.95. The number of aromatic hydroxyl groups is 1. The smallest absolute Gasteiger partial charge is 0.339 e. The van der Waals surface area contributed by atoms with Crippen molar-refractivity contribution in [2.24, 2.45) is 0 Å². The van der Waals surface area contributed by atoms with Gasteiger partial charge in [-0.2, -0.15) is 10.1 Å². The van der Waals surface area contributed by atoms with E-state index in [9.17, 15) is 18.3 Å². The standard InChI is InChI=1S/C10H10N4O5S/c1-5-2-7(15)6(9(16)17)3-8(5)20(18,19)14-10-11-4-12-13-10/h2-4,15H,1H3,(H,16,17)(H2,11,12,13,14). The lowest BCUT2D eigenvalue weighted by Crippen LogP contribution is -2.16. The maximum atomic E-state index is 12.1. The van der Waals surface area contributed by atoms with Crippen LogP contribution in [0.4, 0.5) is 5.95 Å². The van der Waals surface area contributed by atoms with Crippen LogP contribution in [0.2, 0.25) is 0 Å². The van der Waals surface area contributed by atoms with E-state index in [4.69, 9.17) is 5.11 Å². The highest BCUT2D eigenvalue weighted by molar-refractivity contribution is 7.92. The Kier molecular flexibility index (Phi) is 3.32. The summed E-state index contributed by atoms with van der Waals surface area (Å²) in [4.78, 5) is 14.3. The summed E-state index contributed by atoms with van der Waals surface area (Å²) in [7, 11) is -4.04. The molecule has 1 heterocycles. The van der Waals surface area contributed by atoms with Gasteiger partial charge in [-0.15, -0.1) is 0 Å². The van der Waals surface area contributed by atoms with E-state index in [1.807, 2.05) is 0 Å². The normalized spacial score (nSPS) is 11.2. The average Bonchev–Trinajstić information content (AvgIpc) is 2.79. The lowest BCUT2D eigenvalue weighted by atomic mass is 10.1. The second-order valence-electron chi connectivity index (χ2n) is 3.88. The molecule has 0 atom stereocenters. The summed E-state index contributed by atoms with van der Waals surface area (Å²) in [6.45, 7) is 1.43. The highest BCUT2D eigenvalue weighted by Gasteiger charge is 2.22. The zero-order chi connectivity index (χ0) is 14.9. The lowest BCUT2D eigenvalue weighted by molar-refractivity contribution is 0.0693. The molecule has 1 aromatic heterocycles. The van der Waals surface area contributed by atoms with Gasteiger partial charge in [-0.25, -0.2) is 23.0 Å². The number of benzene rings is 1. The Morgan fingerprint density at radius 3 is 2.65 bits per heavy atom. The van der Waals surface area contributed by atoms with Crippen LogP contribution in [0.5, 0.6) is 5.75 Å². The van der Waals surface area contributed by atoms with Crippen molar-refractivity contribution in [2.75, 3.05) is 4.72 Å². The number of aromatic carboxylic acids is 1. The minimum absolute atomic E-state index is 0.102. The first kappa shape index (κ1) is 13.8. The maximum Gasteiger partial charge on any atom is 0.339 e. The van der Waals surface area contributed by atoms with Gasteiger partial charge in [0.2, 0.25) is 5.95 Å². The monoisotopic (exact) mass is 298 g/mol. The number of carboxylic acids is 1. The largest absolute Gasteiger partial charge is 0.507 e. The van der Waals surface area contributed by atoms with Gasteiger partial charge < -0.3 is 10.2 Å². The van der Waals surface area contributed by atoms with Crippen LogP contribution in [-0.2, 0) is 10.0 Å². The van der Waals surface area contributed by atoms with E-state index in [0.29, 0.717) is 0 Å². The van der Waals surface area contributed by atoms with E-state index in [-0.39, 0.29) is 16.4 Å². The molecular formula is C10H10N4O5S. The summed E-state index contributed by atoms with van der Waals surface area (Å²) in [6.07, 6.45) is 1.12. The fraction of sp³-hybridized carbons (Fsp3) is 0.100. The van der Waals surface area contributed by atoms with Crippen molar-refractivity contribution >= 4 is 21.9 Å². The Bertz CT molecular complexity index is 754. The van der Waals surface area contributed by atoms with Crippen LogP contribution < -0.4 is 4.72 Å². The van der Waals surface area contributed by atoms with Crippen LogP contribution >= 0.6 is 0 Å². The molecule has 106 valence electrons. The molecule has 1 aromatic carbocycles. The van der Waals surface area contributed by atoms with E-state index in [1.165, 1.54) is 6.92 Å². The van der Waals surface area contributed by atoms with Crippen molar-refractivity contribution < 1.29 is 23.4 Å². The zero-order valence-electron chi connectivity index (χ0n) is 10.2. The number of phenols is 1. The van der Waals surface area contributed by atoms with Gasteiger partial charge >= 0.3 is 5.97 Å². The molecule has 0 aliphatic rings. The van der Waals surface area contributed by atoms with Gasteiger partial charge in [0.05, 0.1) is 4.90 Å². The number of rotatable bonds is 4. The molecule has 0 aliphatic heterocycles. The molecule has 9 nitrogen and oxygen atoms in total. The van der Waals surface area contributed by atoms with Gasteiger partial charge in [0.25, 0.3) is 10.0 Å². The number of anilines is 1. The highest BCUT2D eigenvalue weighted by atomic mass is 32.2. The summed E-state index contributed by atoms with van der Waals surface area (Å²) >= 11 is 0. The van der Waals surface area contributed by atoms with Gasteiger partial charge in [-0.05, 0) is 24.6 Å². The second-order valence-corrected chi connectivity index (χ2v) is 5.53. The number of aryl methyl sites for hydroxylation is 1. The molecule has 0 amide bonds. The SMILES string of the molecule is Cc1cc(O)c(C(=O)O)cc1S(=O)(=O)Nc1ncn[nH]1. The third-order valence-corrected chi connectivity index (χ3v) is 3.94. The third-order valence-electron chi connectivity index (χ3n) is 2.46. The van der Waals surface area contributed by atoms with Gasteiger partial charge in [-0.1, -0.05) is 0 Å². The van der Waals surface area contributed by atoms with E-state index in [2.05, 4.69) is 19.9 Å². The molecule has 0 radical (unpaired) electrons. The topological polar surface area (TPSA) is 145 Å². The van der Waals surface area contributed by atoms with Crippen LogP contribution in [0.15, 0.2) is 23.4 Å². The zero-order valence-corrected chi connectivity index (χ0v) is 11.0. The molecule has 0 unspecified atom stereocenters. The molecule has 0 aliphatic carbocycles. The highest BCUT2D eigenvalue weighted by Crippen LogP contribution is 2.26. The van der Waals surface area contributed by atoms with Crippen LogP contribution in [0.3, 0.4) is 0 Å². The third kappa shape index (κ3) is 2.54. The minimum atomic E-state index is -4.04. The van der Waals surface area contributed by atoms with E-state index in [0.717, 1.165) is 18.5 Å². The Morgan fingerprint density at radius 1 is 1.40 bits per heavy atom. The number of sulfonamides is 1. The molecule has 0 saturated heterocycles. The van der Waals surface area contributed by atoms with Gasteiger partial charge in [0.1, 0.15) is 17.6 Å². The lowest BCUT2D eigenvalue weighted by Gasteiger charge is -2.10. The van der Waals surface area contributed by atoms with Gasteiger partial charge in [0.15, 0.2) is 0 Å². The number of aromatic nitrogens is 3. The minimum Gasteiger partial charge on any atom is -0.507 e. The van der Waals surface area contributed by atoms with Crippen molar-refractivity contribution in [2.45, 2.75) is 11.8 Å². The fourth-order valence-electron chi connectivity index (χ4n) is 1.57. The summed E-state index contributed by atoms with van der Waals surface area (Å²) < 4.78 is 26.4. The molecular weight excluding hydrogens is 288 g/mol. The first-order chi connectivity index (χ1) is 9.31. The van der Waals surface area contributed by atoms with Gasteiger partial charge in [0, 0.05) is 0 Å². The molecule has 2 rings (SSSR count). The Labute approximate surface area is 113 Å². The number of carboxylic acid groups (broad SMARTS) is 1. The molecule has 0 bridgehead atoms. The van der Waals surface area contributed by atoms with E-state index < -0.39 is 27.3 Å². The quantitative estimate of drug-likeness (QED) is 0.635. The number of nitrogens with zero attached hydrogens (tertiary/aromatic N) is 2. The summed E-state index contributed by atoms with van der Waals surface area (Å²) in [5, 5.41) is 24.2. The molecule has 0 fully saturated rings. The molecule has 2 aromatic rings. The van der Waals surface area contributed by atoms with E-state index >= 15 is 0 Å². The molecule has 0 saturated carbocycles. The van der Waals surface area contributed by atoms with Crippen molar-refractivity contribution in [3.8, 4) is 5.75 Å². The molecule has 20 heavy (non-hydrogen) atoms. The predicted molar refractivity (Wildman–Crippen MR) is 67.0 cm³/mol. The molecule has 4 N–H and O–H groups in total. The van der Waals surface area contributed by atoms with Crippen molar-refractivity contribution in [3.63, 3.8) is 0 Å². The van der Waals surface area contributed by atoms with Crippen LogP contribution in [0.1, 0.15) is 15.9 Å². The molecule has 0 spiro atoms. The number of hydrogen-bond acceptors (Lipinski definition) is 6. The van der Waals surface area contributed by atoms with Crippen LogP contribution in [-0.4, -0.2) is 39.8 Å². The van der Waals surface area contributed by atoms with Crippen LogP contribution in [0, 0.1) is 6.92 Å². The maximum absolute atomic E-state index is 12.1.